The van der Waals surface area contributed by atoms with Crippen LogP contribution in [0.3, 0.4) is 0 Å². The third kappa shape index (κ3) is 2.88. The van der Waals surface area contributed by atoms with Gasteiger partial charge in [0, 0.05) is 23.7 Å². The number of nitriles is 1. The van der Waals surface area contributed by atoms with Crippen molar-refractivity contribution in [3.63, 3.8) is 0 Å². The standard InChI is InChI=1S/C18H18N4O3S/c19-9-12-10-21(13-5-6-13)18(25)22(17(12)24)11-16(23)20-7-1-3-14(20)15-4-2-8-26-15/h2,4,8,10,13-14H,1,3,5-7,11H2/t14-/m0/s1. The van der Waals surface area contributed by atoms with E-state index >= 15 is 0 Å². The van der Waals surface area contributed by atoms with Crippen molar-refractivity contribution < 1.29 is 4.79 Å². The molecule has 134 valence electrons. The zero-order valence-electron chi connectivity index (χ0n) is 14.1. The highest BCUT2D eigenvalue weighted by Gasteiger charge is 2.32. The zero-order valence-corrected chi connectivity index (χ0v) is 14.9. The molecule has 1 aliphatic heterocycles. The lowest BCUT2D eigenvalue weighted by Gasteiger charge is -2.24. The van der Waals surface area contributed by atoms with E-state index in [-0.39, 0.29) is 30.1 Å². The van der Waals surface area contributed by atoms with Crippen LogP contribution in [0.15, 0.2) is 33.3 Å². The molecule has 3 heterocycles. The first kappa shape index (κ1) is 16.8. The van der Waals surface area contributed by atoms with Crippen LogP contribution in [-0.2, 0) is 11.3 Å². The van der Waals surface area contributed by atoms with Crippen molar-refractivity contribution in [2.45, 2.75) is 44.3 Å². The van der Waals surface area contributed by atoms with Crippen LogP contribution < -0.4 is 11.2 Å². The number of hydrogen-bond acceptors (Lipinski definition) is 5. The molecule has 0 bridgehead atoms. The number of carbonyl (C=O) groups excluding carboxylic acids is 1. The minimum atomic E-state index is -0.686. The summed E-state index contributed by atoms with van der Waals surface area (Å²) in [5.74, 6) is -0.252. The summed E-state index contributed by atoms with van der Waals surface area (Å²) in [6.45, 7) is 0.298. The summed E-state index contributed by atoms with van der Waals surface area (Å²) in [6.07, 6.45) is 4.81. The molecule has 7 nitrogen and oxygen atoms in total. The van der Waals surface area contributed by atoms with Crippen molar-refractivity contribution in [1.29, 1.82) is 5.26 Å². The van der Waals surface area contributed by atoms with E-state index in [4.69, 9.17) is 0 Å². The molecule has 2 aromatic heterocycles. The number of rotatable bonds is 4. The average Bonchev–Trinajstić information content (AvgIpc) is 3.12. The van der Waals surface area contributed by atoms with Crippen LogP contribution in [0.1, 0.15) is 48.2 Å². The molecule has 26 heavy (non-hydrogen) atoms. The quantitative estimate of drug-likeness (QED) is 0.818. The number of hydrogen-bond donors (Lipinski definition) is 0. The summed E-state index contributed by atoms with van der Waals surface area (Å²) in [7, 11) is 0. The molecule has 8 heteroatoms. The second-order valence-corrected chi connectivity index (χ2v) is 7.71. The molecular weight excluding hydrogens is 352 g/mol. The minimum absolute atomic E-state index is 0.00279. The second kappa shape index (κ2) is 6.57. The van der Waals surface area contributed by atoms with Crippen molar-refractivity contribution in [2.75, 3.05) is 6.54 Å². The van der Waals surface area contributed by atoms with E-state index in [1.165, 1.54) is 10.8 Å². The third-order valence-corrected chi connectivity index (χ3v) is 5.97. The molecule has 0 N–H and O–H groups in total. The fourth-order valence-electron chi connectivity index (χ4n) is 3.52. The molecule has 2 fully saturated rings. The van der Waals surface area contributed by atoms with Crippen LogP contribution in [0.25, 0.3) is 0 Å². The smallest absolute Gasteiger partial charge is 0.331 e. The SMILES string of the molecule is N#Cc1cn(C2CC2)c(=O)n(CC(=O)N2CCC[C@H]2c2cccs2)c1=O. The van der Waals surface area contributed by atoms with Crippen molar-refractivity contribution in [1.82, 2.24) is 14.0 Å². The molecule has 4 rings (SSSR count). The first-order valence-corrected chi connectivity index (χ1v) is 9.57. The van der Waals surface area contributed by atoms with Gasteiger partial charge in [0.2, 0.25) is 5.91 Å². The molecule has 1 aliphatic carbocycles. The Hall–Kier alpha value is -2.66. The molecule has 0 aromatic carbocycles. The van der Waals surface area contributed by atoms with Gasteiger partial charge >= 0.3 is 5.69 Å². The summed E-state index contributed by atoms with van der Waals surface area (Å²) in [6, 6.07) is 5.83. The van der Waals surface area contributed by atoms with Crippen molar-refractivity contribution in [3.05, 3.63) is 55.0 Å². The number of thiophene rings is 1. The predicted octanol–water partition coefficient (Wildman–Crippen LogP) is 1.64. The maximum Gasteiger partial charge on any atom is 0.331 e. The number of aromatic nitrogens is 2. The second-order valence-electron chi connectivity index (χ2n) is 6.73. The molecule has 2 aliphatic rings. The predicted molar refractivity (Wildman–Crippen MR) is 96.0 cm³/mol. The highest BCUT2D eigenvalue weighted by molar-refractivity contribution is 7.10. The van der Waals surface area contributed by atoms with Gasteiger partial charge in [0.25, 0.3) is 5.56 Å². The van der Waals surface area contributed by atoms with Gasteiger partial charge in [-0.25, -0.2) is 9.36 Å². The molecule has 0 radical (unpaired) electrons. The van der Waals surface area contributed by atoms with E-state index < -0.39 is 11.2 Å². The van der Waals surface area contributed by atoms with Gasteiger partial charge in [0.05, 0.1) is 6.04 Å². The van der Waals surface area contributed by atoms with Gasteiger partial charge in [0.15, 0.2) is 0 Å². The van der Waals surface area contributed by atoms with Crippen LogP contribution >= 0.6 is 11.3 Å². The highest BCUT2D eigenvalue weighted by atomic mass is 32.1. The Bertz CT molecular complexity index is 995. The van der Waals surface area contributed by atoms with Gasteiger partial charge in [-0.3, -0.25) is 14.2 Å². The van der Waals surface area contributed by atoms with Gasteiger partial charge < -0.3 is 4.90 Å². The Balaban J connectivity index is 1.66. The Morgan fingerprint density at radius 1 is 1.31 bits per heavy atom. The van der Waals surface area contributed by atoms with Crippen molar-refractivity contribution >= 4 is 17.2 Å². The maximum absolute atomic E-state index is 12.9. The lowest BCUT2D eigenvalue weighted by atomic mass is 10.2. The topological polar surface area (TPSA) is 88.1 Å². The van der Waals surface area contributed by atoms with Gasteiger partial charge in [-0.1, -0.05) is 6.07 Å². The van der Waals surface area contributed by atoms with E-state index in [1.54, 1.807) is 16.2 Å². The van der Waals surface area contributed by atoms with E-state index in [1.807, 2.05) is 23.6 Å². The maximum atomic E-state index is 12.9. The summed E-state index contributed by atoms with van der Waals surface area (Å²) in [5, 5.41) is 11.2. The van der Waals surface area contributed by atoms with Crippen LogP contribution in [0, 0.1) is 11.3 Å². The Morgan fingerprint density at radius 3 is 2.77 bits per heavy atom. The monoisotopic (exact) mass is 370 g/mol. The van der Waals surface area contributed by atoms with Gasteiger partial charge in [-0.2, -0.15) is 5.26 Å². The largest absolute Gasteiger partial charge is 0.333 e. The lowest BCUT2D eigenvalue weighted by molar-refractivity contribution is -0.132. The van der Waals surface area contributed by atoms with E-state index in [2.05, 4.69) is 0 Å². The molecule has 0 unspecified atom stereocenters. The zero-order chi connectivity index (χ0) is 18.3. The fourth-order valence-corrected chi connectivity index (χ4v) is 4.39. The highest BCUT2D eigenvalue weighted by Crippen LogP contribution is 2.35. The average molecular weight is 370 g/mol. The van der Waals surface area contributed by atoms with Crippen LogP contribution in [0.5, 0.6) is 0 Å². The van der Waals surface area contributed by atoms with E-state index in [0.29, 0.717) is 6.54 Å². The Morgan fingerprint density at radius 2 is 2.12 bits per heavy atom. The number of amides is 1. The number of nitrogens with zero attached hydrogens (tertiary/aromatic N) is 4. The van der Waals surface area contributed by atoms with E-state index in [9.17, 15) is 19.6 Å². The normalized spacial score (nSPS) is 19.5. The summed E-state index contributed by atoms with van der Waals surface area (Å²) in [4.78, 5) is 40.8. The van der Waals surface area contributed by atoms with Crippen molar-refractivity contribution in [2.24, 2.45) is 0 Å². The Kier molecular flexibility index (Phi) is 4.24. The lowest BCUT2D eigenvalue weighted by Crippen LogP contribution is -2.45. The van der Waals surface area contributed by atoms with Gasteiger partial charge in [-0.15, -0.1) is 11.3 Å². The number of likely N-dealkylation sites (tertiary alicyclic amines) is 1. The van der Waals surface area contributed by atoms with Crippen LogP contribution in [-0.4, -0.2) is 26.5 Å². The fraction of sp³-hybridized carbons (Fsp3) is 0.444. The summed E-state index contributed by atoms with van der Waals surface area (Å²) in [5.41, 5.74) is -1.29. The van der Waals surface area contributed by atoms with Crippen LogP contribution in [0.2, 0.25) is 0 Å². The third-order valence-electron chi connectivity index (χ3n) is 4.99. The summed E-state index contributed by atoms with van der Waals surface area (Å²) < 4.78 is 2.34. The Labute approximate surface area is 153 Å². The molecule has 1 saturated heterocycles. The molecule has 1 atom stereocenters. The van der Waals surface area contributed by atoms with Crippen molar-refractivity contribution in [3.8, 4) is 6.07 Å². The molecule has 2 aromatic rings. The number of carbonyl (C=O) groups is 1. The minimum Gasteiger partial charge on any atom is -0.333 e. The van der Waals surface area contributed by atoms with Gasteiger partial charge in [-0.05, 0) is 37.1 Å². The van der Waals surface area contributed by atoms with Gasteiger partial charge in [0.1, 0.15) is 18.2 Å². The molecule has 1 saturated carbocycles. The molecule has 0 spiro atoms. The summed E-state index contributed by atoms with van der Waals surface area (Å²) >= 11 is 1.60. The van der Waals surface area contributed by atoms with Crippen LogP contribution in [0.4, 0.5) is 0 Å². The van der Waals surface area contributed by atoms with E-state index in [0.717, 1.165) is 35.1 Å². The molecule has 1 amide bonds. The first-order valence-electron chi connectivity index (χ1n) is 8.69. The molecular formula is C18H18N4O3S. The first-order chi connectivity index (χ1) is 12.6.